The van der Waals surface area contributed by atoms with Crippen molar-refractivity contribution in [1.29, 1.82) is 0 Å². The normalized spacial score (nSPS) is 13.6. The molecule has 3 aromatic carbocycles. The van der Waals surface area contributed by atoms with Gasteiger partial charge in [0.1, 0.15) is 22.7 Å². The number of rotatable bonds is 9. The summed E-state index contributed by atoms with van der Waals surface area (Å²) in [7, 11) is 0. The molecule has 5 aromatic rings. The van der Waals surface area contributed by atoms with E-state index in [0.717, 1.165) is 76.4 Å². The van der Waals surface area contributed by atoms with Crippen LogP contribution in [0.15, 0.2) is 84.9 Å². The molecule has 0 radical (unpaired) electrons. The summed E-state index contributed by atoms with van der Waals surface area (Å²) in [6.07, 6.45) is 1.91. The third kappa shape index (κ3) is 7.35. The third-order valence-electron chi connectivity index (χ3n) is 8.33. The van der Waals surface area contributed by atoms with Crippen molar-refractivity contribution >= 4 is 29.0 Å². The number of urea groups is 1. The minimum atomic E-state index is -0.734. The van der Waals surface area contributed by atoms with Crippen LogP contribution in [0, 0.1) is 6.92 Å². The lowest BCUT2D eigenvalue weighted by molar-refractivity contribution is 0.0207. The highest BCUT2D eigenvalue weighted by atomic mass is 16.7. The highest BCUT2D eigenvalue weighted by Gasteiger charge is 2.29. The summed E-state index contributed by atoms with van der Waals surface area (Å²) in [5.74, 6) is 1.41. The number of aromatic nitrogens is 3. The molecule has 1 fully saturated rings. The van der Waals surface area contributed by atoms with Gasteiger partial charge in [-0.05, 0) is 69.4 Å². The molecular formula is C39H43N5O4. The molecule has 48 heavy (non-hydrogen) atoms. The van der Waals surface area contributed by atoms with Crippen molar-refractivity contribution in [3.05, 3.63) is 108 Å². The number of imidazole rings is 1. The summed E-state index contributed by atoms with van der Waals surface area (Å²) in [6.45, 7) is 12.1. The molecular weight excluding hydrogens is 602 g/mol. The summed E-state index contributed by atoms with van der Waals surface area (Å²) >= 11 is 0. The Labute approximate surface area is 282 Å². The van der Waals surface area contributed by atoms with E-state index in [-0.39, 0.29) is 6.03 Å². The van der Waals surface area contributed by atoms with Gasteiger partial charge in [-0.1, -0.05) is 79.7 Å². The van der Waals surface area contributed by atoms with Gasteiger partial charge in [0.2, 0.25) is 0 Å². The fourth-order valence-electron chi connectivity index (χ4n) is 6.11. The summed E-state index contributed by atoms with van der Waals surface area (Å²) in [6, 6.07) is 27.8. The molecule has 0 spiro atoms. The molecule has 2 aromatic heterocycles. The van der Waals surface area contributed by atoms with Gasteiger partial charge < -0.3 is 18.9 Å². The molecule has 1 aliphatic heterocycles. The first-order valence-electron chi connectivity index (χ1n) is 16.7. The van der Waals surface area contributed by atoms with Crippen LogP contribution in [0.2, 0.25) is 0 Å². The monoisotopic (exact) mass is 645 g/mol. The van der Waals surface area contributed by atoms with Gasteiger partial charge >= 0.3 is 12.2 Å². The lowest BCUT2D eigenvalue weighted by Gasteiger charge is -2.36. The Balaban J connectivity index is 1.24. The second kappa shape index (κ2) is 13.9. The molecule has 0 bridgehead atoms. The molecule has 6 rings (SSSR count). The molecule has 9 heteroatoms. The van der Waals surface area contributed by atoms with Crippen molar-refractivity contribution in [2.45, 2.75) is 72.6 Å². The van der Waals surface area contributed by atoms with Crippen LogP contribution in [0.4, 0.5) is 15.3 Å². The first kappa shape index (κ1) is 32.7. The Morgan fingerprint density at radius 1 is 0.875 bits per heavy atom. The Hall–Kier alpha value is -5.18. The van der Waals surface area contributed by atoms with Gasteiger partial charge in [0.15, 0.2) is 5.65 Å². The number of benzene rings is 3. The fourth-order valence-corrected chi connectivity index (χ4v) is 6.11. The van der Waals surface area contributed by atoms with Crippen LogP contribution >= 0.6 is 0 Å². The van der Waals surface area contributed by atoms with Crippen LogP contribution in [-0.4, -0.2) is 50.3 Å². The number of fused-ring (bicyclic) bond motifs is 1. The van der Waals surface area contributed by atoms with E-state index in [0.29, 0.717) is 25.4 Å². The smallest absolute Gasteiger partial charge is 0.428 e. The SMILES string of the molecule is CCCc1nc2cc(N3CCCN(Cc4ccccc4)C3=O)c(C)nc2n1Cc1ccc(-c2ccccc2OC(=O)OC(C)(C)C)cc1. The highest BCUT2D eigenvalue weighted by molar-refractivity contribution is 5.95. The maximum atomic E-state index is 13.7. The van der Waals surface area contributed by atoms with Gasteiger partial charge in [-0.15, -0.1) is 0 Å². The molecule has 248 valence electrons. The molecule has 0 atom stereocenters. The Bertz CT molecular complexity index is 1910. The van der Waals surface area contributed by atoms with E-state index in [4.69, 9.17) is 19.4 Å². The minimum absolute atomic E-state index is 0.000671. The highest BCUT2D eigenvalue weighted by Crippen LogP contribution is 2.32. The van der Waals surface area contributed by atoms with E-state index in [1.54, 1.807) is 26.8 Å². The van der Waals surface area contributed by atoms with Crippen LogP contribution in [-0.2, 0) is 24.2 Å². The van der Waals surface area contributed by atoms with Crippen molar-refractivity contribution in [2.24, 2.45) is 0 Å². The summed E-state index contributed by atoms with van der Waals surface area (Å²) < 4.78 is 13.1. The van der Waals surface area contributed by atoms with E-state index < -0.39 is 11.8 Å². The zero-order chi connectivity index (χ0) is 33.8. The molecule has 1 aliphatic rings. The number of anilines is 1. The summed E-state index contributed by atoms with van der Waals surface area (Å²) in [5.41, 5.74) is 6.50. The first-order valence-corrected chi connectivity index (χ1v) is 16.7. The van der Waals surface area contributed by atoms with Gasteiger partial charge in [0.05, 0.1) is 17.9 Å². The van der Waals surface area contributed by atoms with Gasteiger partial charge in [-0.2, -0.15) is 0 Å². The third-order valence-corrected chi connectivity index (χ3v) is 8.33. The van der Waals surface area contributed by atoms with Crippen LogP contribution in [0.25, 0.3) is 22.3 Å². The number of ether oxygens (including phenoxy) is 2. The largest absolute Gasteiger partial charge is 0.514 e. The Kier molecular flexibility index (Phi) is 9.48. The fraction of sp³-hybridized carbons (Fsp3) is 0.333. The molecule has 1 saturated heterocycles. The number of pyridine rings is 1. The molecule has 0 aliphatic carbocycles. The van der Waals surface area contributed by atoms with Gasteiger partial charge in [0.25, 0.3) is 0 Å². The van der Waals surface area contributed by atoms with Crippen LogP contribution in [0.1, 0.15) is 63.2 Å². The average Bonchev–Trinajstić information content (AvgIpc) is 3.37. The molecule has 0 unspecified atom stereocenters. The molecule has 0 saturated carbocycles. The summed E-state index contributed by atoms with van der Waals surface area (Å²) in [5, 5.41) is 0. The molecule has 3 heterocycles. The molecule has 2 amide bonds. The lowest BCUT2D eigenvalue weighted by atomic mass is 10.0. The zero-order valence-electron chi connectivity index (χ0n) is 28.4. The van der Waals surface area contributed by atoms with Crippen LogP contribution in [0.3, 0.4) is 0 Å². The summed E-state index contributed by atoms with van der Waals surface area (Å²) in [4.78, 5) is 39.9. The number of aryl methyl sites for hydroxylation is 2. The number of hydrogen-bond acceptors (Lipinski definition) is 6. The van der Waals surface area contributed by atoms with Gasteiger partial charge in [0, 0.05) is 31.6 Å². The lowest BCUT2D eigenvalue weighted by Crippen LogP contribution is -2.49. The second-order valence-corrected chi connectivity index (χ2v) is 13.3. The van der Waals surface area contributed by atoms with Gasteiger partial charge in [-0.3, -0.25) is 4.90 Å². The molecule has 0 N–H and O–H groups in total. The van der Waals surface area contributed by atoms with E-state index in [1.165, 1.54) is 0 Å². The van der Waals surface area contributed by atoms with E-state index in [9.17, 15) is 9.59 Å². The van der Waals surface area contributed by atoms with Gasteiger partial charge in [-0.25, -0.2) is 19.6 Å². The van der Waals surface area contributed by atoms with Crippen molar-refractivity contribution < 1.29 is 19.1 Å². The van der Waals surface area contributed by atoms with E-state index in [2.05, 4.69) is 35.8 Å². The number of para-hydroxylation sites is 1. The quantitative estimate of drug-likeness (QED) is 0.118. The van der Waals surface area contributed by atoms with E-state index in [1.807, 2.05) is 71.3 Å². The average molecular weight is 646 g/mol. The van der Waals surface area contributed by atoms with Crippen molar-refractivity contribution in [3.63, 3.8) is 0 Å². The number of amides is 2. The Morgan fingerprint density at radius 2 is 1.58 bits per heavy atom. The standard InChI is InChI=1S/C39H43N5O4/c1-6-13-35-41-32-24-33(43-23-12-22-42(37(43)45)25-28-14-8-7-9-15-28)27(2)40-36(32)44(35)26-29-18-20-30(21-19-29)31-16-10-11-17-34(31)47-38(46)48-39(3,4)5/h7-11,14-21,24H,6,12-13,22-23,25-26H2,1-5H3. The maximum Gasteiger partial charge on any atom is 0.514 e. The first-order chi connectivity index (χ1) is 23.1. The van der Waals surface area contributed by atoms with E-state index >= 15 is 0 Å². The number of nitrogens with zero attached hydrogens (tertiary/aromatic N) is 5. The topological polar surface area (TPSA) is 89.8 Å². The number of hydrogen-bond donors (Lipinski definition) is 0. The maximum absolute atomic E-state index is 13.7. The molecule has 9 nitrogen and oxygen atoms in total. The van der Waals surface area contributed by atoms with Crippen LogP contribution in [0.5, 0.6) is 5.75 Å². The second-order valence-electron chi connectivity index (χ2n) is 13.3. The number of carbonyl (C=O) groups excluding carboxylic acids is 2. The number of carbonyl (C=O) groups is 2. The minimum Gasteiger partial charge on any atom is -0.428 e. The zero-order valence-corrected chi connectivity index (χ0v) is 28.4. The predicted octanol–water partition coefficient (Wildman–Crippen LogP) is 8.55. The van der Waals surface area contributed by atoms with Crippen molar-refractivity contribution in [2.75, 3.05) is 18.0 Å². The predicted molar refractivity (Wildman–Crippen MR) is 188 cm³/mol. The van der Waals surface area contributed by atoms with Crippen LogP contribution < -0.4 is 9.64 Å². The Morgan fingerprint density at radius 3 is 2.31 bits per heavy atom. The van der Waals surface area contributed by atoms with Crippen molar-refractivity contribution in [3.8, 4) is 16.9 Å². The van der Waals surface area contributed by atoms with Crippen molar-refractivity contribution in [1.82, 2.24) is 19.4 Å².